The number of benzene rings is 2. The second-order valence-corrected chi connectivity index (χ2v) is 7.05. The van der Waals surface area contributed by atoms with Gasteiger partial charge in [-0.25, -0.2) is 0 Å². The predicted molar refractivity (Wildman–Crippen MR) is 98.7 cm³/mol. The van der Waals surface area contributed by atoms with E-state index in [0.717, 1.165) is 23.0 Å². The van der Waals surface area contributed by atoms with Gasteiger partial charge < -0.3 is 19.6 Å². The summed E-state index contributed by atoms with van der Waals surface area (Å²) in [5, 5.41) is 12.6. The Morgan fingerprint density at radius 2 is 1.92 bits per heavy atom. The van der Waals surface area contributed by atoms with E-state index in [9.17, 15) is 9.90 Å². The van der Waals surface area contributed by atoms with Gasteiger partial charge in [0, 0.05) is 29.2 Å². The zero-order valence-electron chi connectivity index (χ0n) is 14.8. The third kappa shape index (κ3) is 2.80. The van der Waals surface area contributed by atoms with Gasteiger partial charge in [-0.15, -0.1) is 0 Å². The molecule has 0 unspecified atom stereocenters. The van der Waals surface area contributed by atoms with Crippen molar-refractivity contribution < 1.29 is 14.6 Å². The molecule has 0 saturated heterocycles. The lowest BCUT2D eigenvalue weighted by Crippen LogP contribution is -2.42. The minimum absolute atomic E-state index is 0.138. The molecule has 2 heterocycles. The van der Waals surface area contributed by atoms with E-state index in [2.05, 4.69) is 23.2 Å². The van der Waals surface area contributed by atoms with Crippen molar-refractivity contribution in [2.45, 2.75) is 37.7 Å². The van der Waals surface area contributed by atoms with E-state index in [4.69, 9.17) is 4.74 Å². The first-order valence-corrected chi connectivity index (χ1v) is 9.12. The van der Waals surface area contributed by atoms with Crippen molar-refractivity contribution in [1.82, 2.24) is 4.98 Å². The molecule has 4 rings (SSSR count). The monoisotopic (exact) mass is 348 g/mol. The van der Waals surface area contributed by atoms with E-state index in [1.807, 2.05) is 43.3 Å². The third-order valence-electron chi connectivity index (χ3n) is 5.50. The van der Waals surface area contributed by atoms with Crippen LogP contribution in [-0.4, -0.2) is 17.6 Å². The van der Waals surface area contributed by atoms with Crippen LogP contribution in [0.5, 0.6) is 0 Å². The van der Waals surface area contributed by atoms with Gasteiger partial charge in [0.15, 0.2) is 0 Å². The summed E-state index contributed by atoms with van der Waals surface area (Å²) in [6.07, 6.45) is 1.31. The molecule has 0 bridgehead atoms. The SMILES string of the molecule is CC[C@]1(CC(=O)[O-])OC[C@@H](Cc2ccccc2)c2c1[nH]c1ccccc21. The predicted octanol–water partition coefficient (Wildman–Crippen LogP) is 3.27. The van der Waals surface area contributed by atoms with E-state index in [0.29, 0.717) is 13.0 Å². The quantitative estimate of drug-likeness (QED) is 0.770. The molecule has 3 aromatic rings. The van der Waals surface area contributed by atoms with Gasteiger partial charge in [-0.1, -0.05) is 55.5 Å². The number of nitrogens with one attached hydrogen (secondary N) is 1. The molecule has 0 saturated carbocycles. The van der Waals surface area contributed by atoms with Gasteiger partial charge in [-0.2, -0.15) is 0 Å². The summed E-state index contributed by atoms with van der Waals surface area (Å²) in [5.74, 6) is -0.900. The molecule has 0 fully saturated rings. The van der Waals surface area contributed by atoms with Crippen molar-refractivity contribution in [3.63, 3.8) is 0 Å². The van der Waals surface area contributed by atoms with Crippen molar-refractivity contribution in [1.29, 1.82) is 0 Å². The number of hydrogen-bond acceptors (Lipinski definition) is 3. The average Bonchev–Trinajstić information content (AvgIpc) is 3.05. The van der Waals surface area contributed by atoms with Crippen LogP contribution in [0.1, 0.15) is 42.5 Å². The van der Waals surface area contributed by atoms with E-state index in [-0.39, 0.29) is 12.3 Å². The Bertz CT molecular complexity index is 931. The molecule has 1 aliphatic heterocycles. The van der Waals surface area contributed by atoms with E-state index < -0.39 is 11.6 Å². The van der Waals surface area contributed by atoms with Crippen molar-refractivity contribution >= 4 is 16.9 Å². The number of carbonyl (C=O) groups excluding carboxylic acids is 1. The number of H-pyrrole nitrogens is 1. The number of aliphatic carboxylic acids is 1. The minimum Gasteiger partial charge on any atom is -0.550 e. The number of aromatic amines is 1. The highest BCUT2D eigenvalue weighted by molar-refractivity contribution is 5.86. The molecule has 4 heteroatoms. The first-order chi connectivity index (χ1) is 12.6. The molecule has 2 atom stereocenters. The zero-order valence-corrected chi connectivity index (χ0v) is 14.8. The maximum atomic E-state index is 11.4. The number of ether oxygens (including phenoxy) is 1. The van der Waals surface area contributed by atoms with Crippen molar-refractivity contribution in [3.05, 3.63) is 71.4 Å². The van der Waals surface area contributed by atoms with Crippen LogP contribution in [-0.2, 0) is 21.6 Å². The first kappa shape index (κ1) is 16.9. The second kappa shape index (κ2) is 6.61. The molecule has 0 amide bonds. The lowest BCUT2D eigenvalue weighted by Gasteiger charge is -2.40. The molecule has 0 spiro atoms. The normalized spacial score (nSPS) is 22.3. The first-order valence-electron chi connectivity index (χ1n) is 9.12. The number of para-hydroxylation sites is 1. The molecule has 26 heavy (non-hydrogen) atoms. The molecule has 0 aliphatic carbocycles. The fraction of sp³-hybridized carbons (Fsp3) is 0.318. The van der Waals surface area contributed by atoms with Gasteiger partial charge in [0.1, 0.15) is 5.60 Å². The van der Waals surface area contributed by atoms with Gasteiger partial charge in [-0.3, -0.25) is 0 Å². The number of fused-ring (bicyclic) bond motifs is 3. The van der Waals surface area contributed by atoms with E-state index in [1.165, 1.54) is 11.1 Å². The Balaban J connectivity index is 1.85. The number of hydrogen-bond donors (Lipinski definition) is 1. The van der Waals surface area contributed by atoms with Crippen LogP contribution in [0.2, 0.25) is 0 Å². The summed E-state index contributed by atoms with van der Waals surface area (Å²) in [7, 11) is 0. The number of carbonyl (C=O) groups is 1. The molecule has 1 aromatic heterocycles. The fourth-order valence-electron chi connectivity index (χ4n) is 4.20. The highest BCUT2D eigenvalue weighted by atomic mass is 16.5. The van der Waals surface area contributed by atoms with Gasteiger partial charge in [-0.05, 0) is 30.0 Å². The van der Waals surface area contributed by atoms with Crippen LogP contribution in [0.15, 0.2) is 54.6 Å². The van der Waals surface area contributed by atoms with Gasteiger partial charge >= 0.3 is 0 Å². The van der Waals surface area contributed by atoms with Crippen LogP contribution in [0.25, 0.3) is 10.9 Å². The maximum Gasteiger partial charge on any atom is 0.113 e. The fourth-order valence-corrected chi connectivity index (χ4v) is 4.20. The van der Waals surface area contributed by atoms with E-state index >= 15 is 0 Å². The molecule has 134 valence electrons. The Labute approximate surface area is 152 Å². The summed E-state index contributed by atoms with van der Waals surface area (Å²) >= 11 is 0. The summed E-state index contributed by atoms with van der Waals surface area (Å²) < 4.78 is 6.21. The largest absolute Gasteiger partial charge is 0.550 e. The molecular formula is C22H22NO3-. The molecule has 0 radical (unpaired) electrons. The number of carboxylic acid groups (broad SMARTS) is 1. The molecule has 1 N–H and O–H groups in total. The molecular weight excluding hydrogens is 326 g/mol. The van der Waals surface area contributed by atoms with Crippen molar-refractivity contribution in [2.24, 2.45) is 0 Å². The Hall–Kier alpha value is -2.59. The summed E-state index contributed by atoms with van der Waals surface area (Å²) in [6, 6.07) is 18.5. The van der Waals surface area contributed by atoms with Crippen LogP contribution >= 0.6 is 0 Å². The topological polar surface area (TPSA) is 65.2 Å². The number of rotatable bonds is 5. The summed E-state index contributed by atoms with van der Waals surface area (Å²) in [6.45, 7) is 2.47. The standard InChI is InChI=1S/C22H23NO3/c1-2-22(13-19(24)25)21-20(17-10-6-7-11-18(17)23-21)16(14-26-22)12-15-8-4-3-5-9-15/h3-11,16,23H,2,12-14H2,1H3,(H,24,25)/p-1/t16-,22-/m1/s1. The van der Waals surface area contributed by atoms with E-state index in [1.54, 1.807) is 0 Å². The second-order valence-electron chi connectivity index (χ2n) is 7.05. The van der Waals surface area contributed by atoms with Crippen molar-refractivity contribution in [2.75, 3.05) is 6.61 Å². The minimum atomic E-state index is -1.09. The highest BCUT2D eigenvalue weighted by Gasteiger charge is 2.42. The number of aromatic nitrogens is 1. The zero-order chi connectivity index (χ0) is 18.1. The van der Waals surface area contributed by atoms with Crippen molar-refractivity contribution in [3.8, 4) is 0 Å². The van der Waals surface area contributed by atoms with Crippen LogP contribution in [0.4, 0.5) is 0 Å². The third-order valence-corrected chi connectivity index (χ3v) is 5.50. The number of carboxylic acids is 1. The lowest BCUT2D eigenvalue weighted by molar-refractivity contribution is -0.311. The smallest absolute Gasteiger partial charge is 0.113 e. The maximum absolute atomic E-state index is 11.4. The Morgan fingerprint density at radius 1 is 1.19 bits per heavy atom. The highest BCUT2D eigenvalue weighted by Crippen LogP contribution is 2.46. The molecule has 1 aliphatic rings. The Kier molecular flexibility index (Phi) is 4.29. The average molecular weight is 348 g/mol. The van der Waals surface area contributed by atoms with Crippen LogP contribution in [0, 0.1) is 0 Å². The molecule has 4 nitrogen and oxygen atoms in total. The summed E-state index contributed by atoms with van der Waals surface area (Å²) in [4.78, 5) is 14.9. The van der Waals surface area contributed by atoms with Gasteiger partial charge in [0.25, 0.3) is 0 Å². The summed E-state index contributed by atoms with van der Waals surface area (Å²) in [5.41, 5.74) is 3.52. The van der Waals surface area contributed by atoms with Crippen LogP contribution in [0.3, 0.4) is 0 Å². The Morgan fingerprint density at radius 3 is 2.65 bits per heavy atom. The van der Waals surface area contributed by atoms with Gasteiger partial charge in [0.05, 0.1) is 12.3 Å². The molecule has 2 aromatic carbocycles. The lowest BCUT2D eigenvalue weighted by atomic mass is 9.80. The van der Waals surface area contributed by atoms with Crippen LogP contribution < -0.4 is 5.11 Å². The van der Waals surface area contributed by atoms with Gasteiger partial charge in [0.2, 0.25) is 0 Å².